The lowest BCUT2D eigenvalue weighted by molar-refractivity contribution is -0.134. The Labute approximate surface area is 180 Å². The summed E-state index contributed by atoms with van der Waals surface area (Å²) in [6.07, 6.45) is 5.18. The van der Waals surface area contributed by atoms with Crippen molar-refractivity contribution in [2.75, 3.05) is 0 Å². The molecule has 0 bridgehead atoms. The van der Waals surface area contributed by atoms with Crippen molar-refractivity contribution in [3.63, 3.8) is 0 Å². The summed E-state index contributed by atoms with van der Waals surface area (Å²) in [6, 6.07) is 13.1. The van der Waals surface area contributed by atoms with Crippen LogP contribution in [-0.4, -0.2) is 54.3 Å². The van der Waals surface area contributed by atoms with E-state index in [1.807, 2.05) is 0 Å². The number of carboxylic acids is 4. The van der Waals surface area contributed by atoms with Gasteiger partial charge in [-0.2, -0.15) is 0 Å². The molecule has 0 spiro atoms. The maximum Gasteiger partial charge on any atom is 0.328 e. The number of nitrogens with zero attached hydrogens (tertiary/aromatic N) is 2. The fraction of sp³-hybridized carbons (Fsp3) is 0. The van der Waals surface area contributed by atoms with Gasteiger partial charge in [0.1, 0.15) is 0 Å². The molecule has 0 aliphatic rings. The van der Waals surface area contributed by atoms with Gasteiger partial charge in [-0.3, -0.25) is 9.59 Å². The standard InChI is InChI=1S/2C6H5NO.2C4H4O4/c2*8-6-4-2-1-3-5-7-6;2*5-3(6)1-2-4(7)8/h2*1-5H;2*1-2H,(H,5,6)(H,7,8)/b;;2*2-1+. The molecule has 12 nitrogen and oxygen atoms in total. The molecule has 0 fully saturated rings. The predicted molar refractivity (Wildman–Crippen MR) is 110 cm³/mol. The summed E-state index contributed by atoms with van der Waals surface area (Å²) in [6.45, 7) is 0. The summed E-state index contributed by atoms with van der Waals surface area (Å²) < 4.78 is 0. The lowest BCUT2D eigenvalue weighted by atomic mass is 10.5. The molecule has 0 saturated carbocycles. The van der Waals surface area contributed by atoms with Crippen molar-refractivity contribution < 1.29 is 39.6 Å². The Bertz CT molecular complexity index is 891. The first-order valence-corrected chi connectivity index (χ1v) is 8.15. The van der Waals surface area contributed by atoms with Crippen LogP contribution < -0.4 is 11.1 Å². The van der Waals surface area contributed by atoms with Crippen molar-refractivity contribution >= 4 is 23.9 Å². The molecule has 0 amide bonds. The van der Waals surface area contributed by atoms with Gasteiger partial charge < -0.3 is 20.4 Å². The van der Waals surface area contributed by atoms with E-state index in [0.717, 1.165) is 0 Å². The van der Waals surface area contributed by atoms with Gasteiger partial charge in [0.05, 0.1) is 0 Å². The van der Waals surface area contributed by atoms with Gasteiger partial charge in [0, 0.05) is 48.8 Å². The third-order valence-corrected chi connectivity index (χ3v) is 2.23. The van der Waals surface area contributed by atoms with Crippen LogP contribution in [0.3, 0.4) is 0 Å². The molecule has 168 valence electrons. The van der Waals surface area contributed by atoms with Crippen LogP contribution in [0.5, 0.6) is 0 Å². The van der Waals surface area contributed by atoms with Crippen LogP contribution in [0.4, 0.5) is 0 Å². The lowest BCUT2D eigenvalue weighted by Crippen LogP contribution is -1.95. The maximum atomic E-state index is 10.4. The monoisotopic (exact) mass is 446 g/mol. The quantitative estimate of drug-likeness (QED) is 0.468. The molecule has 0 aromatic carbocycles. The Morgan fingerprint density at radius 3 is 1.06 bits per heavy atom. The van der Waals surface area contributed by atoms with Crippen LogP contribution in [0, 0.1) is 0 Å². The molecule has 0 aliphatic carbocycles. The van der Waals surface area contributed by atoms with Gasteiger partial charge >= 0.3 is 23.9 Å². The number of aliphatic carboxylic acids is 4. The molecule has 0 aliphatic heterocycles. The summed E-state index contributed by atoms with van der Waals surface area (Å²) in [5.74, 6) is -5.03. The van der Waals surface area contributed by atoms with E-state index in [0.29, 0.717) is 24.3 Å². The molecule has 2 heterocycles. The SMILES string of the molecule is O=C(O)/C=C/C(=O)O.O=C(O)/C=C/C(=O)O.O=c1cccccn1.O=c1cccccn1. The normalized spacial score (nSPS) is 9.00. The van der Waals surface area contributed by atoms with Gasteiger partial charge in [0.2, 0.25) is 0 Å². The highest BCUT2D eigenvalue weighted by atomic mass is 16.4. The minimum absolute atomic E-state index is 0.199. The predicted octanol–water partition coefficient (Wildman–Crippen LogP) is 0.307. The van der Waals surface area contributed by atoms with Crippen LogP contribution in [-0.2, 0) is 19.2 Å². The maximum absolute atomic E-state index is 10.4. The molecule has 0 unspecified atom stereocenters. The molecule has 32 heavy (non-hydrogen) atoms. The van der Waals surface area contributed by atoms with E-state index in [-0.39, 0.29) is 11.1 Å². The first kappa shape index (κ1) is 29.2. The topological polar surface area (TPSA) is 209 Å². The van der Waals surface area contributed by atoms with E-state index in [4.69, 9.17) is 20.4 Å². The number of hydrogen-bond donors (Lipinski definition) is 4. The first-order valence-electron chi connectivity index (χ1n) is 8.15. The van der Waals surface area contributed by atoms with Gasteiger partial charge in [-0.05, 0) is 12.1 Å². The second-order valence-electron chi connectivity index (χ2n) is 4.74. The van der Waals surface area contributed by atoms with E-state index in [9.17, 15) is 28.8 Å². The third kappa shape index (κ3) is 27.2. The zero-order valence-corrected chi connectivity index (χ0v) is 16.2. The molecular weight excluding hydrogens is 428 g/mol. The molecule has 4 N–H and O–H groups in total. The van der Waals surface area contributed by atoms with E-state index >= 15 is 0 Å². The summed E-state index contributed by atoms with van der Waals surface area (Å²) in [5, 5.41) is 31.2. The minimum Gasteiger partial charge on any atom is -0.478 e. The fourth-order valence-corrected chi connectivity index (χ4v) is 1.11. The van der Waals surface area contributed by atoms with Crippen LogP contribution >= 0.6 is 0 Å². The molecule has 2 rings (SSSR count). The van der Waals surface area contributed by atoms with E-state index in [2.05, 4.69) is 9.97 Å². The average molecular weight is 446 g/mol. The van der Waals surface area contributed by atoms with E-state index in [1.165, 1.54) is 24.5 Å². The van der Waals surface area contributed by atoms with Crippen molar-refractivity contribution in [3.8, 4) is 0 Å². The Morgan fingerprint density at radius 1 is 0.531 bits per heavy atom. The number of aromatic nitrogens is 2. The third-order valence-electron chi connectivity index (χ3n) is 2.23. The highest BCUT2D eigenvalue weighted by molar-refractivity contribution is 5.90. The lowest BCUT2D eigenvalue weighted by Gasteiger charge is -1.74. The van der Waals surface area contributed by atoms with E-state index in [1.54, 1.807) is 36.4 Å². The smallest absolute Gasteiger partial charge is 0.328 e. The van der Waals surface area contributed by atoms with Gasteiger partial charge in [-0.15, -0.1) is 0 Å². The van der Waals surface area contributed by atoms with Gasteiger partial charge in [0.25, 0.3) is 11.1 Å². The van der Waals surface area contributed by atoms with Crippen molar-refractivity contribution in [3.05, 3.63) is 106 Å². The number of carboxylic acid groups (broad SMARTS) is 4. The molecular formula is C20H18N2O10. The summed E-state index contributed by atoms with van der Waals surface area (Å²) >= 11 is 0. The largest absolute Gasteiger partial charge is 0.478 e. The first-order chi connectivity index (χ1) is 15.0. The van der Waals surface area contributed by atoms with Gasteiger partial charge in [0.15, 0.2) is 0 Å². The molecule has 2 aromatic rings. The highest BCUT2D eigenvalue weighted by Crippen LogP contribution is 1.72. The number of hydrogen-bond acceptors (Lipinski definition) is 8. The molecule has 0 radical (unpaired) electrons. The second kappa shape index (κ2) is 19.3. The summed E-state index contributed by atoms with van der Waals surface area (Å²) in [4.78, 5) is 65.9. The minimum atomic E-state index is -1.26. The Kier molecular flexibility index (Phi) is 17.6. The van der Waals surface area contributed by atoms with Crippen molar-refractivity contribution in [1.82, 2.24) is 9.97 Å². The van der Waals surface area contributed by atoms with Crippen molar-refractivity contribution in [2.45, 2.75) is 0 Å². The zero-order chi connectivity index (χ0) is 24.8. The summed E-state index contributed by atoms with van der Waals surface area (Å²) in [5.41, 5.74) is -0.398. The second-order valence-corrected chi connectivity index (χ2v) is 4.74. The number of carbonyl (C=O) groups is 4. The highest BCUT2D eigenvalue weighted by Gasteiger charge is 1.88. The van der Waals surface area contributed by atoms with Gasteiger partial charge in [-0.1, -0.05) is 24.3 Å². The molecule has 0 saturated heterocycles. The summed E-state index contributed by atoms with van der Waals surface area (Å²) in [7, 11) is 0. The average Bonchev–Trinajstić information content (AvgIpc) is 3.10. The molecule has 12 heteroatoms. The Morgan fingerprint density at radius 2 is 0.812 bits per heavy atom. The molecule has 0 atom stereocenters. The van der Waals surface area contributed by atoms with E-state index < -0.39 is 23.9 Å². The number of rotatable bonds is 4. The van der Waals surface area contributed by atoms with Crippen molar-refractivity contribution in [1.29, 1.82) is 0 Å². The van der Waals surface area contributed by atoms with Crippen molar-refractivity contribution in [2.24, 2.45) is 0 Å². The van der Waals surface area contributed by atoms with Crippen LogP contribution in [0.15, 0.2) is 94.8 Å². The Balaban J connectivity index is 0. The van der Waals surface area contributed by atoms with Crippen LogP contribution in [0.2, 0.25) is 0 Å². The zero-order valence-electron chi connectivity index (χ0n) is 16.2. The van der Waals surface area contributed by atoms with Crippen LogP contribution in [0.25, 0.3) is 0 Å². The van der Waals surface area contributed by atoms with Crippen LogP contribution in [0.1, 0.15) is 0 Å². The molecule has 2 aromatic heterocycles. The fourth-order valence-electron chi connectivity index (χ4n) is 1.11. The van der Waals surface area contributed by atoms with Gasteiger partial charge in [-0.25, -0.2) is 29.1 Å². The Hall–Kier alpha value is -5.00.